The molecule has 30 heavy (non-hydrogen) atoms. The Kier molecular flexibility index (Phi) is 4.68. The molecule has 0 saturated heterocycles. The number of para-hydroxylation sites is 1. The van der Waals surface area contributed by atoms with Crippen LogP contribution in [0.5, 0.6) is 0 Å². The summed E-state index contributed by atoms with van der Waals surface area (Å²) >= 11 is 0. The molecule has 2 N–H and O–H groups in total. The quantitative estimate of drug-likeness (QED) is 0.470. The maximum atomic E-state index is 13.1. The first-order valence-electron chi connectivity index (χ1n) is 9.41. The van der Waals surface area contributed by atoms with E-state index in [1.807, 2.05) is 36.4 Å². The van der Waals surface area contributed by atoms with Crippen molar-refractivity contribution in [1.82, 2.24) is 9.13 Å². The van der Waals surface area contributed by atoms with E-state index >= 15 is 0 Å². The second-order valence-electron chi connectivity index (χ2n) is 7.30. The summed E-state index contributed by atoms with van der Waals surface area (Å²) < 4.78 is 42.4. The average Bonchev–Trinajstić information content (AvgIpc) is 2.97. The molecule has 0 bridgehead atoms. The van der Waals surface area contributed by atoms with Gasteiger partial charge in [0.2, 0.25) is 0 Å². The van der Waals surface area contributed by atoms with Crippen molar-refractivity contribution in [3.05, 3.63) is 88.3 Å². The number of imidazole rings is 1. The van der Waals surface area contributed by atoms with Crippen molar-refractivity contribution >= 4 is 16.7 Å². The molecule has 0 aliphatic carbocycles. The lowest BCUT2D eigenvalue weighted by Crippen LogP contribution is -2.25. The monoisotopic (exact) mass is 411 g/mol. The first-order chi connectivity index (χ1) is 14.2. The van der Waals surface area contributed by atoms with Gasteiger partial charge in [-0.25, -0.2) is 4.79 Å². The molecule has 0 fully saturated rings. The van der Waals surface area contributed by atoms with Crippen molar-refractivity contribution in [3.63, 3.8) is 0 Å². The van der Waals surface area contributed by atoms with Gasteiger partial charge in [-0.15, -0.1) is 0 Å². The van der Waals surface area contributed by atoms with Crippen molar-refractivity contribution in [2.24, 2.45) is 7.05 Å². The van der Waals surface area contributed by atoms with Crippen molar-refractivity contribution in [2.45, 2.75) is 19.1 Å². The van der Waals surface area contributed by atoms with Crippen molar-refractivity contribution in [2.75, 3.05) is 5.73 Å². The Morgan fingerprint density at radius 1 is 0.933 bits per heavy atom. The molecule has 1 aromatic heterocycles. The lowest BCUT2D eigenvalue weighted by molar-refractivity contribution is -0.137. The van der Waals surface area contributed by atoms with Crippen LogP contribution in [0.15, 0.2) is 71.5 Å². The number of alkyl halides is 3. The lowest BCUT2D eigenvalue weighted by Gasteiger charge is -2.16. The topological polar surface area (TPSA) is 53.0 Å². The molecule has 1 atom stereocenters. The Morgan fingerprint density at radius 3 is 2.37 bits per heavy atom. The smallest absolute Gasteiger partial charge is 0.398 e. The van der Waals surface area contributed by atoms with Gasteiger partial charge in [0.05, 0.1) is 22.6 Å². The fraction of sp³-hybridized carbons (Fsp3) is 0.174. The zero-order chi connectivity index (χ0) is 21.6. The number of nitrogens with two attached hydrogens (primary N) is 1. The molecule has 4 aromatic rings. The number of nitrogen functional groups attached to an aromatic ring is 1. The SMILES string of the molecule is CC(c1cccc(C(F)(F)F)c1)n1c(=O)n(C)c2cc(-c3ccccc3N)ccc21. The highest BCUT2D eigenvalue weighted by atomic mass is 19.4. The first kappa shape index (κ1) is 19.8. The molecular formula is C23H20F3N3O. The number of aromatic nitrogens is 2. The van der Waals surface area contributed by atoms with Crippen LogP contribution >= 0.6 is 0 Å². The summed E-state index contributed by atoms with van der Waals surface area (Å²) in [6.07, 6.45) is -4.44. The molecule has 0 amide bonds. The van der Waals surface area contributed by atoms with Crippen LogP contribution in [-0.4, -0.2) is 9.13 Å². The normalized spacial score (nSPS) is 13.0. The van der Waals surface area contributed by atoms with Crippen LogP contribution in [0, 0.1) is 0 Å². The number of aryl methyl sites for hydroxylation is 1. The standard InChI is InChI=1S/C23H20F3N3O/c1-14(15-6-5-7-17(12-15)23(24,25)26)29-20-11-10-16(13-21(20)28(2)22(29)30)18-8-3-4-9-19(18)27/h3-14H,27H2,1-2H3. The maximum Gasteiger partial charge on any atom is 0.416 e. The van der Waals surface area contributed by atoms with Gasteiger partial charge >= 0.3 is 11.9 Å². The van der Waals surface area contributed by atoms with E-state index in [0.717, 1.165) is 23.3 Å². The van der Waals surface area contributed by atoms with Gasteiger partial charge in [0.15, 0.2) is 0 Å². The van der Waals surface area contributed by atoms with Gasteiger partial charge in [-0.05, 0) is 48.4 Å². The molecule has 4 rings (SSSR count). The van der Waals surface area contributed by atoms with Crippen LogP contribution in [-0.2, 0) is 13.2 Å². The third-order valence-corrected chi connectivity index (χ3v) is 5.44. The number of fused-ring (bicyclic) bond motifs is 1. The summed E-state index contributed by atoms with van der Waals surface area (Å²) in [6.45, 7) is 1.72. The Hall–Kier alpha value is -3.48. The highest BCUT2D eigenvalue weighted by Gasteiger charge is 2.31. The summed E-state index contributed by atoms with van der Waals surface area (Å²) in [5, 5.41) is 0. The number of hydrogen-bond acceptors (Lipinski definition) is 2. The first-order valence-corrected chi connectivity index (χ1v) is 9.41. The van der Waals surface area contributed by atoms with Crippen molar-refractivity contribution < 1.29 is 13.2 Å². The molecule has 0 radical (unpaired) electrons. The van der Waals surface area contributed by atoms with Gasteiger partial charge in [-0.2, -0.15) is 13.2 Å². The van der Waals surface area contributed by atoms with Crippen LogP contribution in [0.4, 0.5) is 18.9 Å². The second-order valence-corrected chi connectivity index (χ2v) is 7.30. The summed E-state index contributed by atoms with van der Waals surface area (Å²) in [5.74, 6) is 0. The molecule has 1 unspecified atom stereocenters. The number of hydrogen-bond donors (Lipinski definition) is 1. The van der Waals surface area contributed by atoms with E-state index in [4.69, 9.17) is 5.73 Å². The molecule has 0 spiro atoms. The van der Waals surface area contributed by atoms with Crippen LogP contribution in [0.1, 0.15) is 24.1 Å². The minimum absolute atomic E-state index is 0.298. The Balaban J connectivity index is 1.86. The Labute approximate surface area is 171 Å². The van der Waals surface area contributed by atoms with Gasteiger partial charge < -0.3 is 5.73 Å². The zero-order valence-electron chi connectivity index (χ0n) is 16.4. The molecule has 4 nitrogen and oxygen atoms in total. The highest BCUT2D eigenvalue weighted by Crippen LogP contribution is 2.33. The summed E-state index contributed by atoms with van der Waals surface area (Å²) in [5.41, 5.74) is 9.12. The lowest BCUT2D eigenvalue weighted by atomic mass is 10.0. The van der Waals surface area contributed by atoms with Crippen molar-refractivity contribution in [3.8, 4) is 11.1 Å². The van der Waals surface area contributed by atoms with E-state index < -0.39 is 17.8 Å². The van der Waals surface area contributed by atoms with E-state index in [2.05, 4.69) is 0 Å². The van der Waals surface area contributed by atoms with Crippen LogP contribution in [0.3, 0.4) is 0 Å². The number of anilines is 1. The van der Waals surface area contributed by atoms with E-state index in [0.29, 0.717) is 22.3 Å². The van der Waals surface area contributed by atoms with Crippen molar-refractivity contribution in [1.29, 1.82) is 0 Å². The molecule has 0 aliphatic rings. The van der Waals surface area contributed by atoms with Gasteiger partial charge in [-0.3, -0.25) is 9.13 Å². The molecule has 0 saturated carbocycles. The summed E-state index contributed by atoms with van der Waals surface area (Å²) in [7, 11) is 1.65. The minimum Gasteiger partial charge on any atom is -0.398 e. The Morgan fingerprint density at radius 2 is 1.67 bits per heavy atom. The summed E-state index contributed by atoms with van der Waals surface area (Å²) in [6, 6.07) is 17.5. The molecular weight excluding hydrogens is 391 g/mol. The Bertz CT molecular complexity index is 1300. The van der Waals surface area contributed by atoms with Gasteiger partial charge in [0.25, 0.3) is 0 Å². The number of rotatable bonds is 3. The maximum absolute atomic E-state index is 13.1. The number of benzene rings is 3. The predicted octanol–water partition coefficient (Wildman–Crippen LogP) is 5.22. The van der Waals surface area contributed by atoms with E-state index in [1.165, 1.54) is 15.2 Å². The zero-order valence-corrected chi connectivity index (χ0v) is 16.4. The van der Waals surface area contributed by atoms with Gasteiger partial charge in [0, 0.05) is 18.3 Å². The fourth-order valence-electron chi connectivity index (χ4n) is 3.79. The molecule has 154 valence electrons. The number of halogens is 3. The molecule has 3 aromatic carbocycles. The van der Waals surface area contributed by atoms with E-state index in [1.54, 1.807) is 26.1 Å². The summed E-state index contributed by atoms with van der Waals surface area (Å²) in [4.78, 5) is 13.0. The highest BCUT2D eigenvalue weighted by molar-refractivity contribution is 5.86. The van der Waals surface area contributed by atoms with Crippen LogP contribution < -0.4 is 11.4 Å². The van der Waals surface area contributed by atoms with Gasteiger partial charge in [-0.1, -0.05) is 36.4 Å². The minimum atomic E-state index is -4.44. The third kappa shape index (κ3) is 3.26. The predicted molar refractivity (Wildman–Crippen MR) is 112 cm³/mol. The fourth-order valence-corrected chi connectivity index (χ4v) is 3.79. The molecule has 1 heterocycles. The second kappa shape index (κ2) is 7.09. The molecule has 7 heteroatoms. The van der Waals surface area contributed by atoms with E-state index in [9.17, 15) is 18.0 Å². The third-order valence-electron chi connectivity index (χ3n) is 5.44. The van der Waals surface area contributed by atoms with E-state index in [-0.39, 0.29) is 5.69 Å². The molecule has 0 aliphatic heterocycles. The largest absolute Gasteiger partial charge is 0.416 e. The van der Waals surface area contributed by atoms with Gasteiger partial charge in [0.1, 0.15) is 0 Å². The average molecular weight is 411 g/mol. The van der Waals surface area contributed by atoms with Crippen LogP contribution in [0.2, 0.25) is 0 Å². The number of nitrogens with zero attached hydrogens (tertiary/aromatic N) is 2. The van der Waals surface area contributed by atoms with Crippen LogP contribution in [0.25, 0.3) is 22.2 Å².